The number of sulfonamides is 1. The number of hydrogen-bond acceptors (Lipinski definition) is 6. The first kappa shape index (κ1) is 24.3. The van der Waals surface area contributed by atoms with Crippen LogP contribution in [0.2, 0.25) is 0 Å². The van der Waals surface area contributed by atoms with Crippen molar-refractivity contribution in [3.8, 4) is 5.75 Å². The van der Waals surface area contributed by atoms with Crippen LogP contribution in [0.1, 0.15) is 37.0 Å². The maximum atomic E-state index is 13.2. The van der Waals surface area contributed by atoms with E-state index in [1.165, 1.54) is 11.0 Å². The van der Waals surface area contributed by atoms with Gasteiger partial charge in [0.2, 0.25) is 15.9 Å². The van der Waals surface area contributed by atoms with Crippen molar-refractivity contribution in [2.45, 2.75) is 38.8 Å². The summed E-state index contributed by atoms with van der Waals surface area (Å²) in [6, 6.07) is 4.41. The minimum atomic E-state index is -3.50. The summed E-state index contributed by atoms with van der Waals surface area (Å²) in [5, 5.41) is 0. The van der Waals surface area contributed by atoms with E-state index in [9.17, 15) is 18.0 Å². The number of likely N-dealkylation sites (N-methyl/N-ethyl adjacent to an activating group) is 1. The largest absolute Gasteiger partial charge is 0.491 e. The molecule has 2 aliphatic rings. The smallest absolute Gasteiger partial charge is 0.257 e. The molecular formula is C22H33N3O6S. The van der Waals surface area contributed by atoms with Crippen molar-refractivity contribution in [1.82, 2.24) is 9.80 Å². The molecule has 2 amide bonds. The number of benzene rings is 1. The van der Waals surface area contributed by atoms with Crippen LogP contribution in [0.4, 0.5) is 5.69 Å². The molecule has 9 nitrogen and oxygen atoms in total. The van der Waals surface area contributed by atoms with E-state index >= 15 is 0 Å². The van der Waals surface area contributed by atoms with Gasteiger partial charge in [-0.15, -0.1) is 0 Å². The number of amides is 2. The minimum absolute atomic E-state index is 0.00228. The van der Waals surface area contributed by atoms with Gasteiger partial charge in [-0.2, -0.15) is 0 Å². The van der Waals surface area contributed by atoms with E-state index in [2.05, 4.69) is 4.72 Å². The van der Waals surface area contributed by atoms with Crippen LogP contribution in [0.15, 0.2) is 18.2 Å². The van der Waals surface area contributed by atoms with Crippen LogP contribution in [0.5, 0.6) is 5.75 Å². The number of methoxy groups -OCH3 is 1. The number of carbonyl (C=O) groups excluding carboxylic acids is 2. The van der Waals surface area contributed by atoms with Crippen LogP contribution in [0.3, 0.4) is 0 Å². The molecule has 0 bridgehead atoms. The highest BCUT2D eigenvalue weighted by molar-refractivity contribution is 7.92. The molecule has 1 fully saturated rings. The first-order valence-corrected chi connectivity index (χ1v) is 12.7. The molecule has 0 radical (unpaired) electrons. The Kier molecular flexibility index (Phi) is 7.34. The number of rotatable bonds is 4. The fraction of sp³-hybridized carbons (Fsp3) is 0.636. The van der Waals surface area contributed by atoms with Crippen molar-refractivity contribution in [2.75, 3.05) is 44.8 Å². The van der Waals surface area contributed by atoms with Crippen molar-refractivity contribution in [3.63, 3.8) is 0 Å². The first-order valence-electron chi connectivity index (χ1n) is 10.8. The zero-order valence-corrected chi connectivity index (χ0v) is 20.1. The first-order chi connectivity index (χ1) is 15.0. The lowest BCUT2D eigenvalue weighted by Gasteiger charge is -2.36. The van der Waals surface area contributed by atoms with E-state index < -0.39 is 10.0 Å². The summed E-state index contributed by atoms with van der Waals surface area (Å²) in [6.45, 7) is 5.00. The lowest BCUT2D eigenvalue weighted by molar-refractivity contribution is -0.136. The van der Waals surface area contributed by atoms with Gasteiger partial charge < -0.3 is 19.3 Å². The fourth-order valence-corrected chi connectivity index (χ4v) is 4.48. The van der Waals surface area contributed by atoms with Crippen LogP contribution in [-0.2, 0) is 19.6 Å². The van der Waals surface area contributed by atoms with Gasteiger partial charge in [-0.3, -0.25) is 14.3 Å². The van der Waals surface area contributed by atoms with Gasteiger partial charge >= 0.3 is 0 Å². The van der Waals surface area contributed by atoms with Crippen LogP contribution >= 0.6 is 0 Å². The Hall–Kier alpha value is -2.33. The Morgan fingerprint density at radius 2 is 1.91 bits per heavy atom. The van der Waals surface area contributed by atoms with E-state index in [0.29, 0.717) is 18.8 Å². The number of ether oxygens (including phenoxy) is 2. The average molecular weight is 468 g/mol. The highest BCUT2D eigenvalue weighted by Crippen LogP contribution is 2.33. The number of carbonyl (C=O) groups is 2. The second-order valence-electron chi connectivity index (χ2n) is 8.95. The molecule has 1 heterocycles. The molecule has 32 heavy (non-hydrogen) atoms. The maximum Gasteiger partial charge on any atom is 0.257 e. The Balaban J connectivity index is 1.97. The van der Waals surface area contributed by atoms with Gasteiger partial charge in [0.05, 0.1) is 24.0 Å². The van der Waals surface area contributed by atoms with Gasteiger partial charge in [0, 0.05) is 44.8 Å². The zero-order valence-electron chi connectivity index (χ0n) is 19.3. The molecule has 1 N–H and O–H groups in total. The highest BCUT2D eigenvalue weighted by Gasteiger charge is 2.37. The molecule has 1 aromatic rings. The van der Waals surface area contributed by atoms with E-state index in [-0.39, 0.29) is 53.7 Å². The lowest BCUT2D eigenvalue weighted by Crippen LogP contribution is -2.49. The third kappa shape index (κ3) is 5.92. The Morgan fingerprint density at radius 1 is 1.22 bits per heavy atom. The Bertz CT molecular complexity index is 962. The summed E-state index contributed by atoms with van der Waals surface area (Å²) in [5.74, 6) is 0.258. The fourth-order valence-electron chi connectivity index (χ4n) is 3.93. The normalized spacial score (nSPS) is 25.3. The van der Waals surface area contributed by atoms with Gasteiger partial charge in [0.1, 0.15) is 12.4 Å². The van der Waals surface area contributed by atoms with E-state index in [0.717, 1.165) is 19.1 Å². The highest BCUT2D eigenvalue weighted by atomic mass is 32.2. The molecule has 1 aliphatic heterocycles. The molecule has 10 heteroatoms. The predicted octanol–water partition coefficient (Wildman–Crippen LogP) is 1.80. The van der Waals surface area contributed by atoms with Crippen molar-refractivity contribution >= 4 is 27.5 Å². The van der Waals surface area contributed by atoms with Gasteiger partial charge in [0.15, 0.2) is 0 Å². The quantitative estimate of drug-likeness (QED) is 0.724. The average Bonchev–Trinajstić information content (AvgIpc) is 3.56. The van der Waals surface area contributed by atoms with Crippen molar-refractivity contribution < 1.29 is 27.5 Å². The third-order valence-corrected chi connectivity index (χ3v) is 6.56. The molecular weight excluding hydrogens is 434 g/mol. The Morgan fingerprint density at radius 3 is 2.50 bits per heavy atom. The minimum Gasteiger partial charge on any atom is -0.491 e. The molecule has 1 aromatic carbocycles. The molecule has 3 rings (SSSR count). The van der Waals surface area contributed by atoms with E-state index in [1.807, 2.05) is 18.7 Å². The van der Waals surface area contributed by atoms with Crippen LogP contribution in [0.25, 0.3) is 0 Å². The molecule has 0 unspecified atom stereocenters. The summed E-state index contributed by atoms with van der Waals surface area (Å²) in [6.07, 6.45) is 2.61. The summed E-state index contributed by atoms with van der Waals surface area (Å²) in [7, 11) is -0.229. The zero-order chi connectivity index (χ0) is 23.6. The van der Waals surface area contributed by atoms with Gasteiger partial charge in [-0.1, -0.05) is 6.92 Å². The summed E-state index contributed by atoms with van der Waals surface area (Å²) >= 11 is 0. The molecule has 1 saturated carbocycles. The molecule has 0 spiro atoms. The number of nitrogens with zero attached hydrogens (tertiary/aromatic N) is 2. The summed E-state index contributed by atoms with van der Waals surface area (Å²) < 4.78 is 37.4. The molecule has 0 saturated heterocycles. The second-order valence-corrected chi connectivity index (χ2v) is 10.7. The molecule has 1 aliphatic carbocycles. The van der Waals surface area contributed by atoms with Gasteiger partial charge in [-0.25, -0.2) is 8.42 Å². The number of fused-ring (bicyclic) bond motifs is 1. The number of nitrogens with one attached hydrogen (secondary N) is 1. The summed E-state index contributed by atoms with van der Waals surface area (Å²) in [4.78, 5) is 29.6. The van der Waals surface area contributed by atoms with Gasteiger partial charge in [-0.05, 0) is 38.0 Å². The Labute approximate surface area is 190 Å². The topological polar surface area (TPSA) is 105 Å². The van der Waals surface area contributed by atoms with Crippen LogP contribution < -0.4 is 9.46 Å². The molecule has 3 atom stereocenters. The molecule has 178 valence electrons. The lowest BCUT2D eigenvalue weighted by atomic mass is 10.0. The van der Waals surface area contributed by atoms with Gasteiger partial charge in [0.25, 0.3) is 5.91 Å². The monoisotopic (exact) mass is 467 g/mol. The van der Waals surface area contributed by atoms with E-state index in [1.54, 1.807) is 26.3 Å². The SMILES string of the molecule is CO[C@H]1CN(C)C(=O)c2cc(NS(C)(=O)=O)ccc2OC[C@H](C)N(C(=O)C2CC2)C[C@@H]1C. The van der Waals surface area contributed by atoms with Crippen LogP contribution in [-0.4, -0.2) is 82.3 Å². The summed E-state index contributed by atoms with van der Waals surface area (Å²) in [5.41, 5.74) is 0.524. The maximum absolute atomic E-state index is 13.2. The van der Waals surface area contributed by atoms with E-state index in [4.69, 9.17) is 9.47 Å². The van der Waals surface area contributed by atoms with Crippen molar-refractivity contribution in [1.29, 1.82) is 0 Å². The molecule has 0 aromatic heterocycles. The second kappa shape index (κ2) is 9.66. The van der Waals surface area contributed by atoms with Crippen molar-refractivity contribution in [2.24, 2.45) is 11.8 Å². The standard InChI is InChI=1S/C22H33N3O6S/c1-14-11-25(21(26)16-6-7-16)15(2)13-31-19-9-8-17(23-32(5,28)29)10-18(19)22(27)24(3)12-20(14)30-4/h8-10,14-16,20,23H,6-7,11-13H2,1-5H3/t14-,15-,20-/m0/s1. The third-order valence-electron chi connectivity index (χ3n) is 5.96. The van der Waals surface area contributed by atoms with Crippen molar-refractivity contribution in [3.05, 3.63) is 23.8 Å². The predicted molar refractivity (Wildman–Crippen MR) is 121 cm³/mol. The number of anilines is 1. The number of hydrogen-bond donors (Lipinski definition) is 1. The van der Waals surface area contributed by atoms with Crippen LogP contribution in [0, 0.1) is 11.8 Å².